The van der Waals surface area contributed by atoms with E-state index >= 15 is 0 Å². The zero-order chi connectivity index (χ0) is 12.3. The number of likely N-dealkylation sites (N-methyl/N-ethyl adjacent to an activating group) is 1. The van der Waals surface area contributed by atoms with Crippen molar-refractivity contribution in [2.45, 2.75) is 18.9 Å². The van der Waals surface area contributed by atoms with Crippen molar-refractivity contribution in [1.82, 2.24) is 20.0 Å². The minimum atomic E-state index is 0.213. The van der Waals surface area contributed by atoms with E-state index in [4.69, 9.17) is 0 Å². The van der Waals surface area contributed by atoms with Gasteiger partial charge in [0.15, 0.2) is 0 Å². The Bertz CT molecular complexity index is 257. The standard InChI is InChI=1S/C12H24N4O/c1-14-7-9-16(10-8-14)12(17)15(2)11-3-5-13-6-4-11/h11,13H,3-10H2,1-2H3. The molecule has 17 heavy (non-hydrogen) atoms. The van der Waals surface area contributed by atoms with Gasteiger partial charge in [-0.1, -0.05) is 0 Å². The summed E-state index contributed by atoms with van der Waals surface area (Å²) in [5, 5.41) is 3.34. The second-order valence-electron chi connectivity index (χ2n) is 5.16. The Morgan fingerprint density at radius 2 is 1.76 bits per heavy atom. The Hall–Kier alpha value is -0.810. The lowest BCUT2D eigenvalue weighted by Gasteiger charge is -2.38. The van der Waals surface area contributed by atoms with Gasteiger partial charge in [0.2, 0.25) is 0 Å². The van der Waals surface area contributed by atoms with E-state index in [1.807, 2.05) is 16.8 Å². The lowest BCUT2D eigenvalue weighted by atomic mass is 10.1. The summed E-state index contributed by atoms with van der Waals surface area (Å²) >= 11 is 0. The van der Waals surface area contributed by atoms with Crippen LogP contribution in [0.15, 0.2) is 0 Å². The van der Waals surface area contributed by atoms with E-state index in [0.717, 1.165) is 52.1 Å². The van der Waals surface area contributed by atoms with Crippen molar-refractivity contribution in [1.29, 1.82) is 0 Å². The quantitative estimate of drug-likeness (QED) is 0.703. The van der Waals surface area contributed by atoms with Crippen LogP contribution in [0.5, 0.6) is 0 Å². The summed E-state index contributed by atoms with van der Waals surface area (Å²) < 4.78 is 0. The molecule has 0 spiro atoms. The smallest absolute Gasteiger partial charge is 0.320 e. The highest BCUT2D eigenvalue weighted by atomic mass is 16.2. The molecule has 0 aromatic carbocycles. The first-order valence-electron chi connectivity index (χ1n) is 6.59. The molecule has 0 aliphatic carbocycles. The molecule has 2 heterocycles. The highest BCUT2D eigenvalue weighted by Gasteiger charge is 2.27. The third-order valence-corrected chi connectivity index (χ3v) is 3.93. The van der Waals surface area contributed by atoms with Crippen LogP contribution < -0.4 is 5.32 Å². The van der Waals surface area contributed by atoms with Crippen molar-refractivity contribution in [3.8, 4) is 0 Å². The van der Waals surface area contributed by atoms with E-state index in [0.29, 0.717) is 6.04 Å². The number of carbonyl (C=O) groups is 1. The Kier molecular flexibility index (Phi) is 4.23. The van der Waals surface area contributed by atoms with Crippen LogP contribution in [0.2, 0.25) is 0 Å². The van der Waals surface area contributed by atoms with Gasteiger partial charge >= 0.3 is 6.03 Å². The lowest BCUT2D eigenvalue weighted by molar-refractivity contribution is 0.111. The molecule has 0 saturated carbocycles. The second-order valence-corrected chi connectivity index (χ2v) is 5.16. The number of hydrogen-bond donors (Lipinski definition) is 1. The number of urea groups is 1. The average molecular weight is 240 g/mol. The van der Waals surface area contributed by atoms with Crippen LogP contribution in [0.3, 0.4) is 0 Å². The summed E-state index contributed by atoms with van der Waals surface area (Å²) in [5.74, 6) is 0. The number of rotatable bonds is 1. The van der Waals surface area contributed by atoms with Crippen molar-refractivity contribution < 1.29 is 4.79 Å². The SMILES string of the molecule is CN1CCN(C(=O)N(C)C2CCNCC2)CC1. The number of carbonyl (C=O) groups excluding carboxylic acids is 1. The monoisotopic (exact) mass is 240 g/mol. The summed E-state index contributed by atoms with van der Waals surface area (Å²) in [5.41, 5.74) is 0. The van der Waals surface area contributed by atoms with Crippen LogP contribution >= 0.6 is 0 Å². The number of hydrogen-bond acceptors (Lipinski definition) is 3. The van der Waals surface area contributed by atoms with Gasteiger partial charge in [-0.15, -0.1) is 0 Å². The highest BCUT2D eigenvalue weighted by Crippen LogP contribution is 2.13. The molecular formula is C12H24N4O. The van der Waals surface area contributed by atoms with Gasteiger partial charge in [0, 0.05) is 39.3 Å². The number of piperazine rings is 1. The molecule has 5 heteroatoms. The molecule has 2 saturated heterocycles. The van der Waals surface area contributed by atoms with Gasteiger partial charge in [-0.2, -0.15) is 0 Å². The molecule has 98 valence electrons. The van der Waals surface area contributed by atoms with E-state index in [9.17, 15) is 4.79 Å². The molecule has 2 aliphatic rings. The normalized spacial score (nSPS) is 23.8. The molecule has 1 N–H and O–H groups in total. The van der Waals surface area contributed by atoms with Crippen molar-refractivity contribution >= 4 is 6.03 Å². The third kappa shape index (κ3) is 3.10. The molecule has 2 rings (SSSR count). The molecule has 0 aromatic heterocycles. The third-order valence-electron chi connectivity index (χ3n) is 3.93. The van der Waals surface area contributed by atoms with Gasteiger partial charge in [-0.25, -0.2) is 4.79 Å². The van der Waals surface area contributed by atoms with Gasteiger partial charge in [0.05, 0.1) is 0 Å². The summed E-state index contributed by atoms with van der Waals surface area (Å²) in [6, 6.07) is 0.633. The van der Waals surface area contributed by atoms with Gasteiger partial charge in [0.1, 0.15) is 0 Å². The molecule has 0 unspecified atom stereocenters. The Morgan fingerprint density at radius 3 is 2.35 bits per heavy atom. The van der Waals surface area contributed by atoms with Crippen molar-refractivity contribution in [3.05, 3.63) is 0 Å². The van der Waals surface area contributed by atoms with Crippen LogP contribution in [0, 0.1) is 0 Å². The minimum absolute atomic E-state index is 0.213. The molecule has 0 bridgehead atoms. The van der Waals surface area contributed by atoms with E-state index < -0.39 is 0 Å². The molecule has 0 atom stereocenters. The van der Waals surface area contributed by atoms with Crippen LogP contribution in [0.4, 0.5) is 4.79 Å². The van der Waals surface area contributed by atoms with E-state index in [2.05, 4.69) is 17.3 Å². The fraction of sp³-hybridized carbons (Fsp3) is 0.917. The topological polar surface area (TPSA) is 38.8 Å². The molecular weight excluding hydrogens is 216 g/mol. The number of piperidine rings is 1. The van der Waals surface area contributed by atoms with Crippen molar-refractivity contribution in [2.75, 3.05) is 53.4 Å². The molecule has 2 fully saturated rings. The Balaban J connectivity index is 1.85. The molecule has 2 aliphatic heterocycles. The van der Waals surface area contributed by atoms with Crippen molar-refractivity contribution in [3.63, 3.8) is 0 Å². The van der Waals surface area contributed by atoms with Crippen LogP contribution in [0.25, 0.3) is 0 Å². The summed E-state index contributed by atoms with van der Waals surface area (Å²) in [7, 11) is 4.06. The molecule has 0 radical (unpaired) electrons. The predicted octanol–water partition coefficient (Wildman–Crippen LogP) is 0.0376. The van der Waals surface area contributed by atoms with Crippen LogP contribution in [-0.2, 0) is 0 Å². The maximum Gasteiger partial charge on any atom is 0.320 e. The van der Waals surface area contributed by atoms with E-state index in [1.54, 1.807) is 0 Å². The fourth-order valence-corrected chi connectivity index (χ4v) is 2.57. The van der Waals surface area contributed by atoms with Gasteiger partial charge in [0.25, 0.3) is 0 Å². The maximum absolute atomic E-state index is 12.3. The summed E-state index contributed by atoms with van der Waals surface area (Å²) in [6.45, 7) is 5.78. The first-order chi connectivity index (χ1) is 8.18. The fourth-order valence-electron chi connectivity index (χ4n) is 2.57. The Labute approximate surface area is 104 Å². The summed E-state index contributed by atoms with van der Waals surface area (Å²) in [4.78, 5) is 18.5. The zero-order valence-corrected chi connectivity index (χ0v) is 11.0. The maximum atomic E-state index is 12.3. The number of amides is 2. The van der Waals surface area contributed by atoms with Crippen LogP contribution in [-0.4, -0.2) is 80.1 Å². The largest absolute Gasteiger partial charge is 0.325 e. The molecule has 2 amide bonds. The average Bonchev–Trinajstić information content (AvgIpc) is 2.39. The molecule has 5 nitrogen and oxygen atoms in total. The van der Waals surface area contributed by atoms with E-state index in [-0.39, 0.29) is 6.03 Å². The first kappa shape index (κ1) is 12.6. The number of nitrogens with zero attached hydrogens (tertiary/aromatic N) is 3. The van der Waals surface area contributed by atoms with Gasteiger partial charge < -0.3 is 20.0 Å². The van der Waals surface area contributed by atoms with Gasteiger partial charge in [-0.05, 0) is 33.0 Å². The van der Waals surface area contributed by atoms with E-state index in [1.165, 1.54) is 0 Å². The lowest BCUT2D eigenvalue weighted by Crippen LogP contribution is -2.54. The summed E-state index contributed by atoms with van der Waals surface area (Å²) in [6.07, 6.45) is 2.16. The predicted molar refractivity (Wildman–Crippen MR) is 68.1 cm³/mol. The van der Waals surface area contributed by atoms with Gasteiger partial charge in [-0.3, -0.25) is 0 Å². The second kappa shape index (κ2) is 5.69. The minimum Gasteiger partial charge on any atom is -0.325 e. The first-order valence-corrected chi connectivity index (χ1v) is 6.59. The van der Waals surface area contributed by atoms with Crippen LogP contribution in [0.1, 0.15) is 12.8 Å². The molecule has 0 aromatic rings. The number of nitrogens with one attached hydrogen (secondary N) is 1. The zero-order valence-electron chi connectivity index (χ0n) is 11.0. The highest BCUT2D eigenvalue weighted by molar-refractivity contribution is 5.74. The Morgan fingerprint density at radius 1 is 1.18 bits per heavy atom. The van der Waals surface area contributed by atoms with Crippen molar-refractivity contribution in [2.24, 2.45) is 0 Å².